The first-order chi connectivity index (χ1) is 9.08. The van der Waals surface area contributed by atoms with Gasteiger partial charge in [0.15, 0.2) is 0 Å². The van der Waals surface area contributed by atoms with Crippen molar-refractivity contribution in [1.29, 1.82) is 0 Å². The van der Waals surface area contributed by atoms with E-state index in [1.807, 2.05) is 0 Å². The molecule has 0 unspecified atom stereocenters. The fourth-order valence-electron chi connectivity index (χ4n) is 1.75. The van der Waals surface area contributed by atoms with Crippen LogP contribution in [0.15, 0.2) is 48.5 Å². The number of hydrogen-bond donors (Lipinski definition) is 1. The molecular weight excluding hydrogens is 245 g/mol. The standard InChI is InChI=1S/C15H14FNO2/c1-17(13-8-6-12(16)7-9-13)15(19)10-11-4-2-3-5-14(11)18/h2-9,18H,10H2,1H3. The Morgan fingerprint density at radius 3 is 2.42 bits per heavy atom. The highest BCUT2D eigenvalue weighted by Gasteiger charge is 2.13. The van der Waals surface area contributed by atoms with Crippen molar-refractivity contribution in [3.8, 4) is 5.75 Å². The van der Waals surface area contributed by atoms with E-state index < -0.39 is 0 Å². The summed E-state index contributed by atoms with van der Waals surface area (Å²) in [5.74, 6) is -0.415. The zero-order valence-electron chi connectivity index (χ0n) is 10.5. The normalized spacial score (nSPS) is 10.2. The first kappa shape index (κ1) is 13.1. The second-order valence-corrected chi connectivity index (χ2v) is 4.23. The van der Waals surface area contributed by atoms with Gasteiger partial charge >= 0.3 is 0 Å². The molecule has 0 radical (unpaired) electrons. The van der Waals surface area contributed by atoms with Gasteiger partial charge in [-0.05, 0) is 30.3 Å². The molecule has 0 saturated carbocycles. The van der Waals surface area contributed by atoms with E-state index in [-0.39, 0.29) is 23.9 Å². The number of carbonyl (C=O) groups excluding carboxylic acids is 1. The number of likely N-dealkylation sites (N-methyl/N-ethyl adjacent to an activating group) is 1. The van der Waals surface area contributed by atoms with Crippen LogP contribution in [0.3, 0.4) is 0 Å². The van der Waals surface area contributed by atoms with Gasteiger partial charge in [0.25, 0.3) is 0 Å². The van der Waals surface area contributed by atoms with E-state index in [4.69, 9.17) is 0 Å². The van der Waals surface area contributed by atoms with Gasteiger partial charge in [-0.25, -0.2) is 4.39 Å². The number of halogens is 1. The fourth-order valence-corrected chi connectivity index (χ4v) is 1.75. The number of nitrogens with zero attached hydrogens (tertiary/aromatic N) is 1. The molecule has 0 heterocycles. The first-order valence-electron chi connectivity index (χ1n) is 5.87. The van der Waals surface area contributed by atoms with Crippen LogP contribution in [0.2, 0.25) is 0 Å². The van der Waals surface area contributed by atoms with Gasteiger partial charge < -0.3 is 10.0 Å². The van der Waals surface area contributed by atoms with Gasteiger partial charge in [0.1, 0.15) is 11.6 Å². The highest BCUT2D eigenvalue weighted by Crippen LogP contribution is 2.19. The van der Waals surface area contributed by atoms with Gasteiger partial charge in [0, 0.05) is 18.3 Å². The fraction of sp³-hybridized carbons (Fsp3) is 0.133. The maximum atomic E-state index is 12.8. The maximum Gasteiger partial charge on any atom is 0.231 e. The molecule has 0 aromatic heterocycles. The van der Waals surface area contributed by atoms with Gasteiger partial charge in [-0.15, -0.1) is 0 Å². The molecule has 0 saturated heterocycles. The molecule has 2 rings (SSSR count). The number of hydrogen-bond acceptors (Lipinski definition) is 2. The van der Waals surface area contributed by atoms with Crippen LogP contribution in [0.1, 0.15) is 5.56 Å². The SMILES string of the molecule is CN(C(=O)Cc1ccccc1O)c1ccc(F)cc1. The van der Waals surface area contributed by atoms with Crippen LogP contribution in [0.5, 0.6) is 5.75 Å². The summed E-state index contributed by atoms with van der Waals surface area (Å²) in [7, 11) is 1.62. The van der Waals surface area contributed by atoms with Crippen LogP contribution >= 0.6 is 0 Å². The number of carbonyl (C=O) groups is 1. The summed E-state index contributed by atoms with van der Waals surface area (Å²) < 4.78 is 12.8. The Morgan fingerprint density at radius 2 is 1.79 bits per heavy atom. The van der Waals surface area contributed by atoms with Crippen molar-refractivity contribution in [1.82, 2.24) is 0 Å². The third-order valence-electron chi connectivity index (χ3n) is 2.92. The Hall–Kier alpha value is -2.36. The Bertz CT molecular complexity index is 581. The number of aromatic hydroxyl groups is 1. The minimum Gasteiger partial charge on any atom is -0.508 e. The highest BCUT2D eigenvalue weighted by molar-refractivity contribution is 5.94. The lowest BCUT2D eigenvalue weighted by Crippen LogP contribution is -2.27. The quantitative estimate of drug-likeness (QED) is 0.920. The van der Waals surface area contributed by atoms with E-state index in [1.165, 1.54) is 29.2 Å². The summed E-state index contributed by atoms with van der Waals surface area (Å²) in [5, 5.41) is 9.63. The van der Waals surface area contributed by atoms with Crippen molar-refractivity contribution < 1.29 is 14.3 Å². The number of benzene rings is 2. The average Bonchev–Trinajstić information content (AvgIpc) is 2.41. The summed E-state index contributed by atoms with van der Waals surface area (Å²) in [5.41, 5.74) is 1.18. The molecule has 0 atom stereocenters. The third-order valence-corrected chi connectivity index (χ3v) is 2.92. The third kappa shape index (κ3) is 3.10. The molecule has 0 aliphatic rings. The summed E-state index contributed by atoms with van der Waals surface area (Å²) >= 11 is 0. The topological polar surface area (TPSA) is 40.5 Å². The van der Waals surface area contributed by atoms with Gasteiger partial charge in [-0.1, -0.05) is 18.2 Å². The van der Waals surface area contributed by atoms with Gasteiger partial charge in [-0.2, -0.15) is 0 Å². The largest absolute Gasteiger partial charge is 0.508 e. The van der Waals surface area contributed by atoms with E-state index in [9.17, 15) is 14.3 Å². The van der Waals surface area contributed by atoms with E-state index in [0.717, 1.165) is 0 Å². The zero-order valence-corrected chi connectivity index (χ0v) is 10.5. The molecule has 1 amide bonds. The lowest BCUT2D eigenvalue weighted by molar-refractivity contribution is -0.117. The van der Waals surface area contributed by atoms with Crippen molar-refractivity contribution in [3.05, 3.63) is 59.9 Å². The van der Waals surface area contributed by atoms with Crippen LogP contribution in [0.4, 0.5) is 10.1 Å². The molecule has 2 aromatic carbocycles. The molecule has 0 fully saturated rings. The van der Waals surface area contributed by atoms with Crippen molar-refractivity contribution in [3.63, 3.8) is 0 Å². The van der Waals surface area contributed by atoms with E-state index in [0.29, 0.717) is 11.3 Å². The smallest absolute Gasteiger partial charge is 0.231 e. The van der Waals surface area contributed by atoms with Crippen LogP contribution in [0, 0.1) is 5.82 Å². The molecule has 0 spiro atoms. The Kier molecular flexibility index (Phi) is 3.80. The molecule has 3 nitrogen and oxygen atoms in total. The maximum absolute atomic E-state index is 12.8. The zero-order chi connectivity index (χ0) is 13.8. The second kappa shape index (κ2) is 5.52. The van der Waals surface area contributed by atoms with Crippen molar-refractivity contribution in [2.75, 3.05) is 11.9 Å². The van der Waals surface area contributed by atoms with Gasteiger partial charge in [-0.3, -0.25) is 4.79 Å². The van der Waals surface area contributed by atoms with Crippen LogP contribution in [-0.2, 0) is 11.2 Å². The molecule has 4 heteroatoms. The van der Waals surface area contributed by atoms with Crippen LogP contribution in [0.25, 0.3) is 0 Å². The molecule has 2 aromatic rings. The Morgan fingerprint density at radius 1 is 1.16 bits per heavy atom. The number of phenols is 1. The van der Waals surface area contributed by atoms with Gasteiger partial charge in [0.05, 0.1) is 6.42 Å². The molecule has 0 bridgehead atoms. The highest BCUT2D eigenvalue weighted by atomic mass is 19.1. The van der Waals surface area contributed by atoms with E-state index in [1.54, 1.807) is 31.3 Å². The average molecular weight is 259 g/mol. The van der Waals surface area contributed by atoms with Crippen molar-refractivity contribution in [2.45, 2.75) is 6.42 Å². The molecule has 98 valence electrons. The lowest BCUT2D eigenvalue weighted by atomic mass is 10.1. The van der Waals surface area contributed by atoms with E-state index in [2.05, 4.69) is 0 Å². The first-order valence-corrected chi connectivity index (χ1v) is 5.87. The minimum atomic E-state index is -0.342. The molecule has 19 heavy (non-hydrogen) atoms. The molecular formula is C15H14FNO2. The Labute approximate surface area is 110 Å². The van der Waals surface area contributed by atoms with Crippen molar-refractivity contribution in [2.24, 2.45) is 0 Å². The number of rotatable bonds is 3. The predicted molar refractivity (Wildman–Crippen MR) is 71.6 cm³/mol. The number of phenolic OH excluding ortho intramolecular Hbond substituents is 1. The monoisotopic (exact) mass is 259 g/mol. The molecule has 1 N–H and O–H groups in total. The minimum absolute atomic E-state index is 0.0978. The summed E-state index contributed by atoms with van der Waals surface area (Å²) in [6.45, 7) is 0. The summed E-state index contributed by atoms with van der Waals surface area (Å²) in [6, 6.07) is 12.4. The number of amides is 1. The number of anilines is 1. The van der Waals surface area contributed by atoms with Crippen molar-refractivity contribution >= 4 is 11.6 Å². The molecule has 0 aliphatic heterocycles. The van der Waals surface area contributed by atoms with E-state index >= 15 is 0 Å². The van der Waals surface area contributed by atoms with Gasteiger partial charge in [0.2, 0.25) is 5.91 Å². The van der Waals surface area contributed by atoms with Crippen LogP contribution in [-0.4, -0.2) is 18.1 Å². The number of para-hydroxylation sites is 1. The molecule has 0 aliphatic carbocycles. The van der Waals surface area contributed by atoms with Crippen LogP contribution < -0.4 is 4.90 Å². The summed E-state index contributed by atoms with van der Waals surface area (Å²) in [4.78, 5) is 13.5. The Balaban J connectivity index is 2.12. The predicted octanol–water partition coefficient (Wildman–Crippen LogP) is 2.74. The summed E-state index contributed by atoms with van der Waals surface area (Å²) in [6.07, 6.45) is 0.0978. The second-order valence-electron chi connectivity index (χ2n) is 4.23. The lowest BCUT2D eigenvalue weighted by Gasteiger charge is -2.17.